The summed E-state index contributed by atoms with van der Waals surface area (Å²) in [5.74, 6) is 1.83. The van der Waals surface area contributed by atoms with E-state index < -0.39 is 0 Å². The number of rotatable bonds is 4. The van der Waals surface area contributed by atoms with Crippen LogP contribution in [0.2, 0.25) is 0 Å². The first kappa shape index (κ1) is 14.6. The SMILES string of the molecule is COc1ccccc1OCc1nc2c(c(=O)[nH]1)CN(C)CC2. The Kier molecular flexibility index (Phi) is 4.11. The molecule has 22 heavy (non-hydrogen) atoms. The lowest BCUT2D eigenvalue weighted by Crippen LogP contribution is -2.33. The number of likely N-dealkylation sites (N-methyl/N-ethyl adjacent to an activating group) is 1. The minimum Gasteiger partial charge on any atom is -0.493 e. The number of aromatic amines is 1. The largest absolute Gasteiger partial charge is 0.493 e. The molecule has 0 unspecified atom stereocenters. The first-order valence-corrected chi connectivity index (χ1v) is 7.22. The van der Waals surface area contributed by atoms with Gasteiger partial charge in [-0.1, -0.05) is 12.1 Å². The van der Waals surface area contributed by atoms with E-state index >= 15 is 0 Å². The third-order valence-corrected chi connectivity index (χ3v) is 3.74. The fourth-order valence-corrected chi connectivity index (χ4v) is 2.56. The molecule has 0 saturated carbocycles. The second-order valence-corrected chi connectivity index (χ2v) is 5.37. The topological polar surface area (TPSA) is 67.5 Å². The van der Waals surface area contributed by atoms with E-state index in [1.807, 2.05) is 31.3 Å². The van der Waals surface area contributed by atoms with Crippen LogP contribution < -0.4 is 15.0 Å². The Labute approximate surface area is 128 Å². The van der Waals surface area contributed by atoms with Gasteiger partial charge in [-0.3, -0.25) is 4.79 Å². The molecule has 2 aromatic rings. The molecule has 116 valence electrons. The molecule has 0 fully saturated rings. The Morgan fingerprint density at radius 1 is 1.32 bits per heavy atom. The molecule has 6 nitrogen and oxygen atoms in total. The van der Waals surface area contributed by atoms with E-state index in [4.69, 9.17) is 9.47 Å². The van der Waals surface area contributed by atoms with Gasteiger partial charge in [0.05, 0.1) is 18.4 Å². The van der Waals surface area contributed by atoms with Crippen molar-refractivity contribution in [1.82, 2.24) is 14.9 Å². The highest BCUT2D eigenvalue weighted by Gasteiger charge is 2.18. The van der Waals surface area contributed by atoms with Crippen LogP contribution in [0.4, 0.5) is 0 Å². The molecular weight excluding hydrogens is 282 g/mol. The number of nitrogens with one attached hydrogen (secondary N) is 1. The van der Waals surface area contributed by atoms with E-state index in [1.54, 1.807) is 7.11 Å². The average molecular weight is 301 g/mol. The monoisotopic (exact) mass is 301 g/mol. The van der Waals surface area contributed by atoms with Gasteiger partial charge in [0, 0.05) is 19.5 Å². The molecule has 1 aromatic carbocycles. The zero-order valence-electron chi connectivity index (χ0n) is 12.8. The summed E-state index contributed by atoms with van der Waals surface area (Å²) in [7, 11) is 3.60. The number of aromatic nitrogens is 2. The molecular formula is C16H19N3O3. The summed E-state index contributed by atoms with van der Waals surface area (Å²) in [4.78, 5) is 21.6. The summed E-state index contributed by atoms with van der Waals surface area (Å²) in [6.45, 7) is 1.76. The summed E-state index contributed by atoms with van der Waals surface area (Å²) in [6, 6.07) is 7.40. The predicted molar refractivity (Wildman–Crippen MR) is 82.2 cm³/mol. The fraction of sp³-hybridized carbons (Fsp3) is 0.375. The van der Waals surface area contributed by atoms with Gasteiger partial charge in [0.15, 0.2) is 11.5 Å². The van der Waals surface area contributed by atoms with Crippen LogP contribution in [0.3, 0.4) is 0 Å². The predicted octanol–water partition coefficient (Wildman–Crippen LogP) is 1.35. The van der Waals surface area contributed by atoms with E-state index in [1.165, 1.54) is 0 Å². The lowest BCUT2D eigenvalue weighted by molar-refractivity contribution is 0.272. The van der Waals surface area contributed by atoms with Crippen LogP contribution in [-0.4, -0.2) is 35.6 Å². The Morgan fingerprint density at radius 2 is 2.09 bits per heavy atom. The van der Waals surface area contributed by atoms with Crippen molar-refractivity contribution in [3.05, 3.63) is 51.7 Å². The highest BCUT2D eigenvalue weighted by atomic mass is 16.5. The lowest BCUT2D eigenvalue weighted by atomic mass is 10.1. The van der Waals surface area contributed by atoms with Gasteiger partial charge in [0.25, 0.3) is 5.56 Å². The molecule has 0 aliphatic carbocycles. The number of fused-ring (bicyclic) bond motifs is 1. The van der Waals surface area contributed by atoms with E-state index in [-0.39, 0.29) is 12.2 Å². The van der Waals surface area contributed by atoms with Gasteiger partial charge in [0.2, 0.25) is 0 Å². The first-order valence-electron chi connectivity index (χ1n) is 7.22. The second kappa shape index (κ2) is 6.19. The van der Waals surface area contributed by atoms with Crippen molar-refractivity contribution in [3.63, 3.8) is 0 Å². The molecule has 1 aromatic heterocycles. The zero-order chi connectivity index (χ0) is 15.5. The zero-order valence-corrected chi connectivity index (χ0v) is 12.8. The molecule has 2 heterocycles. The maximum absolute atomic E-state index is 12.2. The molecule has 0 amide bonds. The van der Waals surface area contributed by atoms with E-state index in [0.29, 0.717) is 23.9 Å². The van der Waals surface area contributed by atoms with Crippen LogP contribution in [0.25, 0.3) is 0 Å². The minimum atomic E-state index is -0.0739. The van der Waals surface area contributed by atoms with Crippen LogP contribution in [0.15, 0.2) is 29.1 Å². The minimum absolute atomic E-state index is 0.0739. The summed E-state index contributed by atoms with van der Waals surface area (Å²) in [6.07, 6.45) is 0.789. The third-order valence-electron chi connectivity index (χ3n) is 3.74. The summed E-state index contributed by atoms with van der Waals surface area (Å²) >= 11 is 0. The summed E-state index contributed by atoms with van der Waals surface area (Å²) in [5.41, 5.74) is 1.56. The molecule has 6 heteroatoms. The Bertz CT molecular complexity index is 727. The van der Waals surface area contributed by atoms with Crippen LogP contribution in [-0.2, 0) is 19.6 Å². The van der Waals surface area contributed by atoms with Crippen molar-refractivity contribution in [2.75, 3.05) is 20.7 Å². The van der Waals surface area contributed by atoms with Gasteiger partial charge in [-0.15, -0.1) is 0 Å². The second-order valence-electron chi connectivity index (χ2n) is 5.37. The molecule has 1 N–H and O–H groups in total. The van der Waals surface area contributed by atoms with Crippen LogP contribution in [0.1, 0.15) is 17.1 Å². The molecule has 3 rings (SSSR count). The van der Waals surface area contributed by atoms with Crippen molar-refractivity contribution in [3.8, 4) is 11.5 Å². The molecule has 1 aliphatic rings. The number of hydrogen-bond donors (Lipinski definition) is 1. The number of ether oxygens (including phenoxy) is 2. The van der Waals surface area contributed by atoms with Gasteiger partial charge < -0.3 is 19.4 Å². The van der Waals surface area contributed by atoms with Crippen LogP contribution in [0.5, 0.6) is 11.5 Å². The highest BCUT2D eigenvalue weighted by Crippen LogP contribution is 2.26. The Balaban J connectivity index is 1.79. The molecule has 0 bridgehead atoms. The normalized spacial score (nSPS) is 14.5. The van der Waals surface area contributed by atoms with Crippen molar-refractivity contribution in [2.45, 2.75) is 19.6 Å². The van der Waals surface area contributed by atoms with Crippen molar-refractivity contribution >= 4 is 0 Å². The summed E-state index contributed by atoms with van der Waals surface area (Å²) < 4.78 is 11.0. The van der Waals surface area contributed by atoms with Gasteiger partial charge >= 0.3 is 0 Å². The third kappa shape index (κ3) is 2.96. The van der Waals surface area contributed by atoms with Crippen LogP contribution >= 0.6 is 0 Å². The van der Waals surface area contributed by atoms with Crippen molar-refractivity contribution < 1.29 is 9.47 Å². The quantitative estimate of drug-likeness (QED) is 0.923. The van der Waals surface area contributed by atoms with Crippen LogP contribution in [0, 0.1) is 0 Å². The smallest absolute Gasteiger partial charge is 0.255 e. The van der Waals surface area contributed by atoms with Crippen molar-refractivity contribution in [2.24, 2.45) is 0 Å². The standard InChI is InChI=1S/C16H19N3O3/c1-19-8-7-12-11(9-19)16(20)18-15(17-12)10-22-14-6-4-3-5-13(14)21-2/h3-6H,7-10H2,1-2H3,(H,17,18,20). The maximum Gasteiger partial charge on any atom is 0.255 e. The maximum atomic E-state index is 12.2. The van der Waals surface area contributed by atoms with Crippen molar-refractivity contribution in [1.29, 1.82) is 0 Å². The summed E-state index contributed by atoms with van der Waals surface area (Å²) in [5, 5.41) is 0. The fourth-order valence-electron chi connectivity index (χ4n) is 2.56. The molecule has 0 saturated heterocycles. The first-order chi connectivity index (χ1) is 10.7. The highest BCUT2D eigenvalue weighted by molar-refractivity contribution is 5.39. The van der Waals surface area contributed by atoms with E-state index in [0.717, 1.165) is 24.2 Å². The molecule has 0 atom stereocenters. The molecule has 0 radical (unpaired) electrons. The van der Waals surface area contributed by atoms with Gasteiger partial charge in [-0.25, -0.2) is 4.98 Å². The number of nitrogens with zero attached hydrogens (tertiary/aromatic N) is 2. The van der Waals surface area contributed by atoms with E-state index in [9.17, 15) is 4.79 Å². The van der Waals surface area contributed by atoms with Gasteiger partial charge in [0.1, 0.15) is 12.4 Å². The molecule has 0 spiro atoms. The number of hydrogen-bond acceptors (Lipinski definition) is 5. The Hall–Kier alpha value is -2.34. The number of methoxy groups -OCH3 is 1. The number of para-hydroxylation sites is 2. The number of H-pyrrole nitrogens is 1. The lowest BCUT2D eigenvalue weighted by Gasteiger charge is -2.23. The van der Waals surface area contributed by atoms with E-state index in [2.05, 4.69) is 14.9 Å². The van der Waals surface area contributed by atoms with Gasteiger partial charge in [-0.05, 0) is 19.2 Å². The van der Waals surface area contributed by atoms with Gasteiger partial charge in [-0.2, -0.15) is 0 Å². The molecule has 1 aliphatic heterocycles. The number of benzene rings is 1. The average Bonchev–Trinajstić information content (AvgIpc) is 2.54. The Morgan fingerprint density at radius 3 is 2.86 bits per heavy atom.